The Balaban J connectivity index is 2.34. The molecular formula is C25H46N2O6. The van der Waals surface area contributed by atoms with Crippen LogP contribution in [0.2, 0.25) is 0 Å². The molecule has 0 atom stereocenters. The SMILES string of the molecule is CC1(C)CC(C(CCCC(C(=O)O)C(=O)O)C2CC(C)(C)N(O)C(C)(C)C2)CC(C)(C)N1O. The van der Waals surface area contributed by atoms with Crippen LogP contribution in [0.25, 0.3) is 0 Å². The molecule has 0 spiro atoms. The van der Waals surface area contributed by atoms with Gasteiger partial charge in [-0.3, -0.25) is 9.59 Å². The second kappa shape index (κ2) is 9.44. The Hall–Kier alpha value is -1.22. The van der Waals surface area contributed by atoms with E-state index in [0.29, 0.717) is 18.3 Å². The lowest BCUT2D eigenvalue weighted by Crippen LogP contribution is -2.62. The summed E-state index contributed by atoms with van der Waals surface area (Å²) in [4.78, 5) is 22.8. The van der Waals surface area contributed by atoms with Gasteiger partial charge in [0.15, 0.2) is 5.92 Å². The number of rotatable bonds is 8. The average molecular weight is 471 g/mol. The van der Waals surface area contributed by atoms with Crippen molar-refractivity contribution in [2.24, 2.45) is 23.7 Å². The Morgan fingerprint density at radius 3 is 1.27 bits per heavy atom. The normalized spacial score (nSPS) is 26.1. The number of hydrogen-bond acceptors (Lipinski definition) is 6. The predicted octanol–water partition coefficient (Wildman–Crippen LogP) is 4.88. The Labute approximate surface area is 198 Å². The lowest BCUT2D eigenvalue weighted by molar-refractivity contribution is -0.267. The van der Waals surface area contributed by atoms with Crippen molar-refractivity contribution in [3.05, 3.63) is 0 Å². The highest BCUT2D eigenvalue weighted by Crippen LogP contribution is 2.51. The summed E-state index contributed by atoms with van der Waals surface area (Å²) in [5.41, 5.74) is -1.62. The monoisotopic (exact) mass is 470 g/mol. The van der Waals surface area contributed by atoms with Gasteiger partial charge in [0.1, 0.15) is 0 Å². The van der Waals surface area contributed by atoms with E-state index in [1.165, 1.54) is 10.1 Å². The van der Waals surface area contributed by atoms with Crippen molar-refractivity contribution in [3.8, 4) is 0 Å². The topological polar surface area (TPSA) is 122 Å². The van der Waals surface area contributed by atoms with Crippen molar-refractivity contribution in [3.63, 3.8) is 0 Å². The minimum Gasteiger partial charge on any atom is -0.481 e. The van der Waals surface area contributed by atoms with E-state index in [9.17, 15) is 30.2 Å². The minimum absolute atomic E-state index is 0.110. The molecule has 2 heterocycles. The second-order valence-electron chi connectivity index (χ2n) is 13.0. The summed E-state index contributed by atoms with van der Waals surface area (Å²) in [5.74, 6) is -3.11. The van der Waals surface area contributed by atoms with Gasteiger partial charge in [0, 0.05) is 22.2 Å². The first-order valence-corrected chi connectivity index (χ1v) is 12.3. The molecule has 0 amide bonds. The van der Waals surface area contributed by atoms with Crippen molar-refractivity contribution >= 4 is 11.9 Å². The van der Waals surface area contributed by atoms with Crippen LogP contribution < -0.4 is 0 Å². The largest absolute Gasteiger partial charge is 0.481 e. The van der Waals surface area contributed by atoms with E-state index >= 15 is 0 Å². The van der Waals surface area contributed by atoms with Crippen molar-refractivity contribution < 1.29 is 30.2 Å². The zero-order valence-corrected chi connectivity index (χ0v) is 21.8. The molecular weight excluding hydrogens is 424 g/mol. The molecule has 0 aromatic carbocycles. The van der Waals surface area contributed by atoms with E-state index in [1.807, 2.05) is 55.4 Å². The smallest absolute Gasteiger partial charge is 0.317 e. The standard InChI is InChI=1S/C25H46N2O6/c1-22(2)12-16(13-23(3,4)26(22)32)18(10-9-11-19(20(28)29)21(30)31)17-14-24(5,6)27(33)25(7,8)15-17/h16-19,32-33H,9-15H2,1-8H3,(H,28,29)(H,30,31). The molecule has 2 aliphatic rings. The summed E-state index contributed by atoms with van der Waals surface area (Å²) in [7, 11) is 0. The van der Waals surface area contributed by atoms with Gasteiger partial charge >= 0.3 is 11.9 Å². The average Bonchev–Trinajstić information content (AvgIpc) is 2.62. The van der Waals surface area contributed by atoms with Gasteiger partial charge < -0.3 is 20.6 Å². The van der Waals surface area contributed by atoms with Crippen LogP contribution in [-0.2, 0) is 9.59 Å². The first-order valence-electron chi connectivity index (χ1n) is 12.3. The van der Waals surface area contributed by atoms with E-state index < -0.39 is 40.0 Å². The third-order valence-electron chi connectivity index (χ3n) is 8.18. The molecule has 0 aromatic heterocycles. The zero-order valence-electron chi connectivity index (χ0n) is 21.8. The number of nitrogens with zero attached hydrogens (tertiary/aromatic N) is 2. The molecule has 2 fully saturated rings. The molecule has 0 radical (unpaired) electrons. The summed E-state index contributed by atoms with van der Waals surface area (Å²) < 4.78 is 0. The fourth-order valence-corrected chi connectivity index (χ4v) is 7.07. The summed E-state index contributed by atoms with van der Waals surface area (Å²) in [6.07, 6.45) is 4.59. The highest BCUT2D eigenvalue weighted by Gasteiger charge is 2.52. The van der Waals surface area contributed by atoms with E-state index in [-0.39, 0.29) is 12.3 Å². The van der Waals surface area contributed by atoms with Gasteiger partial charge in [0.05, 0.1) is 0 Å². The summed E-state index contributed by atoms with van der Waals surface area (Å²) in [6, 6.07) is 0. The first-order chi connectivity index (χ1) is 14.8. The maximum Gasteiger partial charge on any atom is 0.317 e. The van der Waals surface area contributed by atoms with Crippen LogP contribution >= 0.6 is 0 Å². The fraction of sp³-hybridized carbons (Fsp3) is 0.920. The molecule has 8 heteroatoms. The maximum absolute atomic E-state index is 11.4. The molecule has 0 unspecified atom stereocenters. The van der Waals surface area contributed by atoms with Crippen molar-refractivity contribution in [1.82, 2.24) is 10.1 Å². The number of carboxylic acid groups (broad SMARTS) is 2. The highest BCUT2D eigenvalue weighted by molar-refractivity contribution is 5.92. The first kappa shape index (κ1) is 28.0. The minimum atomic E-state index is -1.38. The molecule has 4 N–H and O–H groups in total. The number of piperidine rings is 2. The Morgan fingerprint density at radius 1 is 0.697 bits per heavy atom. The lowest BCUT2D eigenvalue weighted by atomic mass is 9.61. The van der Waals surface area contributed by atoms with E-state index in [0.717, 1.165) is 32.1 Å². The second-order valence-corrected chi connectivity index (χ2v) is 13.0. The van der Waals surface area contributed by atoms with Crippen molar-refractivity contribution in [2.75, 3.05) is 0 Å². The van der Waals surface area contributed by atoms with Gasteiger partial charge in [-0.2, -0.15) is 10.1 Å². The summed E-state index contributed by atoms with van der Waals surface area (Å²) >= 11 is 0. The number of carbonyl (C=O) groups is 2. The molecule has 0 aliphatic carbocycles. The van der Waals surface area contributed by atoms with Crippen LogP contribution in [0.1, 0.15) is 100 Å². The van der Waals surface area contributed by atoms with Crippen LogP contribution in [0.3, 0.4) is 0 Å². The van der Waals surface area contributed by atoms with E-state index in [1.54, 1.807) is 0 Å². The molecule has 0 aromatic rings. The van der Waals surface area contributed by atoms with Gasteiger partial charge in [0.2, 0.25) is 0 Å². The van der Waals surface area contributed by atoms with Gasteiger partial charge in [-0.25, -0.2) is 0 Å². The molecule has 2 aliphatic heterocycles. The Kier molecular flexibility index (Phi) is 8.01. The molecule has 0 bridgehead atoms. The van der Waals surface area contributed by atoms with E-state index in [2.05, 4.69) is 0 Å². The molecule has 2 rings (SSSR count). The summed E-state index contributed by atoms with van der Waals surface area (Å²) in [5, 5.41) is 43.2. The van der Waals surface area contributed by atoms with Gasteiger partial charge in [-0.15, -0.1) is 0 Å². The van der Waals surface area contributed by atoms with Crippen LogP contribution in [0.15, 0.2) is 0 Å². The maximum atomic E-state index is 11.4. The highest BCUT2D eigenvalue weighted by atomic mass is 16.5. The molecule has 2 saturated heterocycles. The van der Waals surface area contributed by atoms with Crippen LogP contribution in [0, 0.1) is 23.7 Å². The quantitative estimate of drug-likeness (QED) is 0.371. The third kappa shape index (κ3) is 6.08. The zero-order chi connectivity index (χ0) is 25.6. The van der Waals surface area contributed by atoms with Crippen LogP contribution in [-0.4, -0.2) is 64.8 Å². The van der Waals surface area contributed by atoms with Crippen LogP contribution in [0.5, 0.6) is 0 Å². The number of carboxylic acids is 2. The van der Waals surface area contributed by atoms with E-state index in [4.69, 9.17) is 0 Å². The van der Waals surface area contributed by atoms with Gasteiger partial charge in [0.25, 0.3) is 0 Å². The predicted molar refractivity (Wildman–Crippen MR) is 125 cm³/mol. The third-order valence-corrected chi connectivity index (χ3v) is 8.18. The van der Waals surface area contributed by atoms with Crippen molar-refractivity contribution in [1.29, 1.82) is 0 Å². The Bertz CT molecular complexity index is 640. The molecule has 8 nitrogen and oxygen atoms in total. The number of aliphatic carboxylic acids is 2. The molecule has 192 valence electrons. The number of hydroxylamine groups is 4. The van der Waals surface area contributed by atoms with Gasteiger partial charge in [-0.05, 0) is 112 Å². The summed E-state index contributed by atoms with van der Waals surface area (Å²) in [6.45, 7) is 16.4. The lowest BCUT2D eigenvalue weighted by Gasteiger charge is -2.57. The fourth-order valence-electron chi connectivity index (χ4n) is 7.07. The molecule has 33 heavy (non-hydrogen) atoms. The van der Waals surface area contributed by atoms with Crippen LogP contribution in [0.4, 0.5) is 0 Å². The number of hydrogen-bond donors (Lipinski definition) is 4. The van der Waals surface area contributed by atoms with Crippen molar-refractivity contribution in [2.45, 2.75) is 122 Å². The molecule has 0 saturated carbocycles. The Morgan fingerprint density at radius 2 is 1.00 bits per heavy atom. The van der Waals surface area contributed by atoms with Gasteiger partial charge in [-0.1, -0.05) is 6.42 Å².